The molecule has 0 saturated carbocycles. The molecule has 100 valence electrons. The first-order chi connectivity index (χ1) is 8.56. The van der Waals surface area contributed by atoms with Crippen LogP contribution >= 0.6 is 0 Å². The summed E-state index contributed by atoms with van der Waals surface area (Å²) in [5.41, 5.74) is 0.525. The summed E-state index contributed by atoms with van der Waals surface area (Å²) in [6.45, 7) is 5.05. The third-order valence-electron chi connectivity index (χ3n) is 2.35. The smallest absolute Gasteiger partial charge is 0.325 e. The largest absolute Gasteiger partial charge is 0.480 e. The summed E-state index contributed by atoms with van der Waals surface area (Å²) in [5.74, 6) is -0.987. The zero-order chi connectivity index (χ0) is 13.5. The minimum atomic E-state index is -0.987. The van der Waals surface area contributed by atoms with Gasteiger partial charge in [0.1, 0.15) is 12.2 Å². The Balaban J connectivity index is 2.46. The van der Waals surface area contributed by atoms with Crippen LogP contribution in [0.5, 0.6) is 0 Å². The van der Waals surface area contributed by atoms with E-state index in [4.69, 9.17) is 5.11 Å². The number of carbonyl (C=O) groups excluding carboxylic acids is 1. The van der Waals surface area contributed by atoms with Gasteiger partial charge in [-0.1, -0.05) is 5.21 Å². The van der Waals surface area contributed by atoms with Gasteiger partial charge in [0.25, 0.3) is 0 Å². The Kier molecular flexibility index (Phi) is 5.09. The Hall–Kier alpha value is -2.12. The van der Waals surface area contributed by atoms with Crippen LogP contribution in [0.25, 0.3) is 0 Å². The van der Waals surface area contributed by atoms with Crippen LogP contribution in [0.15, 0.2) is 6.20 Å². The van der Waals surface area contributed by atoms with Crippen molar-refractivity contribution in [3.8, 4) is 0 Å². The molecule has 18 heavy (non-hydrogen) atoms. The average Bonchev–Trinajstić information content (AvgIpc) is 2.75. The highest BCUT2D eigenvalue weighted by atomic mass is 16.4. The lowest BCUT2D eigenvalue weighted by Crippen LogP contribution is -2.39. The molecule has 2 N–H and O–H groups in total. The van der Waals surface area contributed by atoms with Crippen LogP contribution in [-0.4, -0.2) is 50.1 Å². The van der Waals surface area contributed by atoms with Gasteiger partial charge in [-0.15, -0.1) is 5.10 Å². The number of aromatic nitrogens is 3. The Morgan fingerprint density at radius 2 is 2.11 bits per heavy atom. The SMILES string of the molecule is CCN(CC)C(=O)NCc1cn(CC(=O)O)nn1. The van der Waals surface area contributed by atoms with Crippen LogP contribution in [-0.2, 0) is 17.9 Å². The van der Waals surface area contributed by atoms with E-state index in [1.54, 1.807) is 4.90 Å². The van der Waals surface area contributed by atoms with E-state index in [-0.39, 0.29) is 19.1 Å². The van der Waals surface area contributed by atoms with Crippen LogP contribution in [0.1, 0.15) is 19.5 Å². The molecule has 1 aromatic heterocycles. The summed E-state index contributed by atoms with van der Waals surface area (Å²) < 4.78 is 1.21. The Morgan fingerprint density at radius 3 is 2.67 bits per heavy atom. The third-order valence-corrected chi connectivity index (χ3v) is 2.35. The average molecular weight is 255 g/mol. The van der Waals surface area contributed by atoms with Crippen molar-refractivity contribution in [1.82, 2.24) is 25.2 Å². The number of carboxylic acid groups (broad SMARTS) is 1. The predicted octanol–water partition coefficient (Wildman–Crippen LogP) is -0.0859. The molecule has 1 rings (SSSR count). The molecule has 0 aromatic carbocycles. The van der Waals surface area contributed by atoms with Gasteiger partial charge in [0.05, 0.1) is 12.7 Å². The number of amides is 2. The third kappa shape index (κ3) is 4.04. The second-order valence-corrected chi connectivity index (χ2v) is 3.63. The molecule has 0 fully saturated rings. The highest BCUT2D eigenvalue weighted by Crippen LogP contribution is 1.94. The fraction of sp³-hybridized carbons (Fsp3) is 0.600. The van der Waals surface area contributed by atoms with Gasteiger partial charge in [0, 0.05) is 13.1 Å². The summed E-state index contributed by atoms with van der Waals surface area (Å²) in [6.07, 6.45) is 1.50. The maximum atomic E-state index is 11.6. The lowest BCUT2D eigenvalue weighted by atomic mass is 10.4. The number of nitrogens with one attached hydrogen (secondary N) is 1. The van der Waals surface area contributed by atoms with Crippen molar-refractivity contribution >= 4 is 12.0 Å². The Labute approximate surface area is 105 Å². The summed E-state index contributed by atoms with van der Waals surface area (Å²) in [7, 11) is 0. The van der Waals surface area contributed by atoms with Gasteiger partial charge in [-0.2, -0.15) is 0 Å². The van der Waals surface area contributed by atoms with Crippen molar-refractivity contribution in [3.63, 3.8) is 0 Å². The number of hydrogen-bond acceptors (Lipinski definition) is 4. The minimum absolute atomic E-state index is 0.173. The number of nitrogens with zero attached hydrogens (tertiary/aromatic N) is 4. The topological polar surface area (TPSA) is 100 Å². The quantitative estimate of drug-likeness (QED) is 0.740. The molecule has 0 atom stereocenters. The molecule has 0 bridgehead atoms. The van der Waals surface area contributed by atoms with Crippen molar-refractivity contribution in [1.29, 1.82) is 0 Å². The molecule has 0 spiro atoms. The van der Waals surface area contributed by atoms with Gasteiger partial charge in [-0.3, -0.25) is 4.79 Å². The fourth-order valence-corrected chi connectivity index (χ4v) is 1.42. The predicted molar refractivity (Wildman–Crippen MR) is 62.8 cm³/mol. The lowest BCUT2D eigenvalue weighted by molar-refractivity contribution is -0.137. The van der Waals surface area contributed by atoms with E-state index in [1.807, 2.05) is 13.8 Å². The monoisotopic (exact) mass is 255 g/mol. The highest BCUT2D eigenvalue weighted by Gasteiger charge is 2.10. The molecule has 2 amide bonds. The molecular formula is C10H17N5O3. The second-order valence-electron chi connectivity index (χ2n) is 3.63. The summed E-state index contributed by atoms with van der Waals surface area (Å²) in [6, 6.07) is -0.173. The first kappa shape index (κ1) is 13.9. The first-order valence-electron chi connectivity index (χ1n) is 5.70. The van der Waals surface area contributed by atoms with Crippen molar-refractivity contribution in [2.75, 3.05) is 13.1 Å². The zero-order valence-corrected chi connectivity index (χ0v) is 10.5. The summed E-state index contributed by atoms with van der Waals surface area (Å²) in [4.78, 5) is 23.7. The van der Waals surface area contributed by atoms with E-state index in [0.717, 1.165) is 0 Å². The van der Waals surface area contributed by atoms with Crippen molar-refractivity contribution in [2.24, 2.45) is 0 Å². The zero-order valence-electron chi connectivity index (χ0n) is 10.5. The number of aliphatic carboxylic acids is 1. The van der Waals surface area contributed by atoms with Crippen molar-refractivity contribution < 1.29 is 14.7 Å². The van der Waals surface area contributed by atoms with Gasteiger partial charge in [0.2, 0.25) is 0 Å². The number of urea groups is 1. The fourth-order valence-electron chi connectivity index (χ4n) is 1.42. The van der Waals surface area contributed by atoms with Crippen LogP contribution < -0.4 is 5.32 Å². The van der Waals surface area contributed by atoms with Gasteiger partial charge < -0.3 is 15.3 Å². The van der Waals surface area contributed by atoms with E-state index < -0.39 is 5.97 Å². The summed E-state index contributed by atoms with van der Waals surface area (Å²) >= 11 is 0. The molecule has 1 heterocycles. The van der Waals surface area contributed by atoms with Crippen molar-refractivity contribution in [2.45, 2.75) is 26.9 Å². The van der Waals surface area contributed by atoms with E-state index in [1.165, 1.54) is 10.9 Å². The number of hydrogen-bond donors (Lipinski definition) is 2. The molecule has 0 radical (unpaired) electrons. The highest BCUT2D eigenvalue weighted by molar-refractivity contribution is 5.73. The lowest BCUT2D eigenvalue weighted by Gasteiger charge is -2.18. The molecule has 0 saturated heterocycles. The van der Waals surface area contributed by atoms with Crippen LogP contribution in [0.3, 0.4) is 0 Å². The molecule has 0 aliphatic heterocycles. The Bertz CT molecular complexity index is 413. The molecule has 0 aliphatic carbocycles. The maximum Gasteiger partial charge on any atom is 0.325 e. The second kappa shape index (κ2) is 6.58. The van der Waals surface area contributed by atoms with E-state index in [9.17, 15) is 9.59 Å². The van der Waals surface area contributed by atoms with Gasteiger partial charge >= 0.3 is 12.0 Å². The van der Waals surface area contributed by atoms with E-state index in [2.05, 4.69) is 15.6 Å². The molecule has 0 aliphatic rings. The molecule has 8 nitrogen and oxygen atoms in total. The van der Waals surface area contributed by atoms with Crippen molar-refractivity contribution in [3.05, 3.63) is 11.9 Å². The van der Waals surface area contributed by atoms with E-state index >= 15 is 0 Å². The number of carbonyl (C=O) groups is 2. The first-order valence-corrected chi connectivity index (χ1v) is 5.70. The number of carboxylic acids is 1. The summed E-state index contributed by atoms with van der Waals surface area (Å²) in [5, 5.41) is 18.7. The van der Waals surface area contributed by atoms with Crippen LogP contribution in [0, 0.1) is 0 Å². The molecule has 0 unspecified atom stereocenters. The van der Waals surface area contributed by atoms with Crippen LogP contribution in [0.2, 0.25) is 0 Å². The standard InChI is InChI=1S/C10H17N5O3/c1-3-14(4-2)10(18)11-5-8-6-15(13-12-8)7-9(16)17/h6H,3-5,7H2,1-2H3,(H,11,18)(H,16,17). The van der Waals surface area contributed by atoms with Gasteiger partial charge in [-0.25, -0.2) is 9.48 Å². The molecule has 8 heteroatoms. The molecular weight excluding hydrogens is 238 g/mol. The minimum Gasteiger partial charge on any atom is -0.480 e. The number of rotatable bonds is 6. The normalized spacial score (nSPS) is 10.1. The van der Waals surface area contributed by atoms with Gasteiger partial charge in [0.15, 0.2) is 0 Å². The maximum absolute atomic E-state index is 11.6. The van der Waals surface area contributed by atoms with E-state index in [0.29, 0.717) is 18.8 Å². The van der Waals surface area contributed by atoms with Gasteiger partial charge in [-0.05, 0) is 13.8 Å². The Morgan fingerprint density at radius 1 is 1.44 bits per heavy atom. The van der Waals surface area contributed by atoms with Crippen LogP contribution in [0.4, 0.5) is 4.79 Å². The molecule has 1 aromatic rings.